The molecule has 1 aliphatic rings. The maximum absolute atomic E-state index is 13.3. The average molecular weight is 403 g/mol. The second-order valence-corrected chi connectivity index (χ2v) is 7.67. The van der Waals surface area contributed by atoms with Crippen LogP contribution in [0.2, 0.25) is 0 Å². The fraction of sp³-hybridized carbons (Fsp3) is 0.438. The quantitative estimate of drug-likeness (QED) is 0.808. The van der Waals surface area contributed by atoms with E-state index in [2.05, 4.69) is 10.3 Å². The zero-order valence-corrected chi connectivity index (χ0v) is 16.5. The van der Waals surface area contributed by atoms with Crippen LogP contribution in [0, 0.1) is 0 Å². The summed E-state index contributed by atoms with van der Waals surface area (Å²) in [4.78, 5) is 4.48. The summed E-state index contributed by atoms with van der Waals surface area (Å²) in [5.41, 5.74) is 0. The van der Waals surface area contributed by atoms with Gasteiger partial charge in [0.2, 0.25) is 10.0 Å². The SMILES string of the molecule is COc1cc(OC)cc(S(=O)(=O)N2CCNCC2c2nccn2C)c1.Cl. The molecule has 1 N–H and O–H groups in total. The number of aromatic nitrogens is 2. The lowest BCUT2D eigenvalue weighted by Crippen LogP contribution is -2.49. The third kappa shape index (κ3) is 3.80. The van der Waals surface area contributed by atoms with Crippen molar-refractivity contribution in [2.75, 3.05) is 33.9 Å². The molecule has 2 aromatic rings. The molecule has 144 valence electrons. The van der Waals surface area contributed by atoms with E-state index in [0.29, 0.717) is 37.0 Å². The van der Waals surface area contributed by atoms with Crippen LogP contribution in [0.15, 0.2) is 35.5 Å². The molecule has 0 radical (unpaired) electrons. The fourth-order valence-electron chi connectivity index (χ4n) is 2.96. The molecule has 0 bridgehead atoms. The van der Waals surface area contributed by atoms with E-state index in [0.717, 1.165) is 0 Å². The predicted molar refractivity (Wildman–Crippen MR) is 99.5 cm³/mol. The Kier molecular flexibility index (Phi) is 6.51. The first-order chi connectivity index (χ1) is 12.0. The molecule has 1 atom stereocenters. The van der Waals surface area contributed by atoms with Gasteiger partial charge in [-0.25, -0.2) is 13.4 Å². The van der Waals surface area contributed by atoms with Gasteiger partial charge in [0, 0.05) is 57.3 Å². The van der Waals surface area contributed by atoms with Crippen LogP contribution in [0.1, 0.15) is 11.9 Å². The number of rotatable bonds is 5. The molecule has 26 heavy (non-hydrogen) atoms. The Morgan fingerprint density at radius 3 is 2.38 bits per heavy atom. The number of sulfonamides is 1. The number of aryl methyl sites for hydroxylation is 1. The molecule has 10 heteroatoms. The molecule has 2 heterocycles. The van der Waals surface area contributed by atoms with Crippen LogP contribution in [-0.4, -0.2) is 56.1 Å². The molecule has 8 nitrogen and oxygen atoms in total. The average Bonchev–Trinajstić information content (AvgIpc) is 3.07. The van der Waals surface area contributed by atoms with Crippen molar-refractivity contribution >= 4 is 22.4 Å². The van der Waals surface area contributed by atoms with Gasteiger partial charge in [0.25, 0.3) is 0 Å². The van der Waals surface area contributed by atoms with E-state index in [1.165, 1.54) is 30.7 Å². The summed E-state index contributed by atoms with van der Waals surface area (Å²) < 4.78 is 40.3. The number of ether oxygens (including phenoxy) is 2. The normalized spacial score (nSPS) is 18.2. The van der Waals surface area contributed by atoms with Gasteiger partial charge in [-0.3, -0.25) is 0 Å². The van der Waals surface area contributed by atoms with Crippen LogP contribution < -0.4 is 14.8 Å². The summed E-state index contributed by atoms with van der Waals surface area (Å²) in [6.45, 7) is 1.45. The van der Waals surface area contributed by atoms with Crippen molar-refractivity contribution in [1.29, 1.82) is 0 Å². The van der Waals surface area contributed by atoms with Gasteiger partial charge in [0.15, 0.2) is 0 Å². The highest BCUT2D eigenvalue weighted by Crippen LogP contribution is 2.32. The number of benzene rings is 1. The molecule has 0 saturated carbocycles. The number of piperazine rings is 1. The van der Waals surface area contributed by atoms with Gasteiger partial charge >= 0.3 is 0 Å². The summed E-state index contributed by atoms with van der Waals surface area (Å²) >= 11 is 0. The minimum Gasteiger partial charge on any atom is -0.497 e. The predicted octanol–water partition coefficient (Wildman–Crippen LogP) is 1.19. The Morgan fingerprint density at radius 1 is 1.19 bits per heavy atom. The second kappa shape index (κ2) is 8.26. The highest BCUT2D eigenvalue weighted by molar-refractivity contribution is 7.89. The third-order valence-electron chi connectivity index (χ3n) is 4.28. The summed E-state index contributed by atoms with van der Waals surface area (Å²) in [6.07, 6.45) is 3.48. The minimum absolute atomic E-state index is 0. The molecular formula is C16H23ClN4O4S. The summed E-state index contributed by atoms with van der Waals surface area (Å²) in [7, 11) is 1.10. The Balaban J connectivity index is 0.00000243. The minimum atomic E-state index is -3.74. The van der Waals surface area contributed by atoms with Crippen molar-refractivity contribution in [2.24, 2.45) is 7.05 Å². The van der Waals surface area contributed by atoms with Gasteiger partial charge in [0.05, 0.1) is 25.2 Å². The number of nitrogens with zero attached hydrogens (tertiary/aromatic N) is 3. The van der Waals surface area contributed by atoms with Crippen molar-refractivity contribution in [3.05, 3.63) is 36.4 Å². The lowest BCUT2D eigenvalue weighted by atomic mass is 10.2. The van der Waals surface area contributed by atoms with Crippen molar-refractivity contribution in [3.63, 3.8) is 0 Å². The Bertz CT molecular complexity index is 833. The van der Waals surface area contributed by atoms with E-state index in [1.807, 2.05) is 17.8 Å². The number of halogens is 1. The zero-order valence-electron chi connectivity index (χ0n) is 14.9. The fourth-order valence-corrected chi connectivity index (χ4v) is 4.59. The summed E-state index contributed by atoms with van der Waals surface area (Å²) in [5, 5.41) is 3.24. The smallest absolute Gasteiger partial charge is 0.244 e. The highest BCUT2D eigenvalue weighted by atomic mass is 35.5. The second-order valence-electron chi connectivity index (χ2n) is 5.78. The Morgan fingerprint density at radius 2 is 1.85 bits per heavy atom. The number of hydrogen-bond acceptors (Lipinski definition) is 6. The highest BCUT2D eigenvalue weighted by Gasteiger charge is 2.36. The van der Waals surface area contributed by atoms with E-state index in [1.54, 1.807) is 12.3 Å². The van der Waals surface area contributed by atoms with Crippen molar-refractivity contribution in [3.8, 4) is 11.5 Å². The summed E-state index contributed by atoms with van der Waals surface area (Å²) in [5.74, 6) is 1.56. The molecule has 1 aromatic carbocycles. The van der Waals surface area contributed by atoms with Crippen LogP contribution in [0.3, 0.4) is 0 Å². The van der Waals surface area contributed by atoms with E-state index >= 15 is 0 Å². The first-order valence-electron chi connectivity index (χ1n) is 7.90. The third-order valence-corrected chi connectivity index (χ3v) is 6.17. The number of methoxy groups -OCH3 is 2. The monoisotopic (exact) mass is 402 g/mol. The topological polar surface area (TPSA) is 85.7 Å². The van der Waals surface area contributed by atoms with Gasteiger partial charge in [-0.2, -0.15) is 4.31 Å². The van der Waals surface area contributed by atoms with Gasteiger partial charge in [-0.1, -0.05) is 0 Å². The molecule has 1 aliphatic heterocycles. The van der Waals surface area contributed by atoms with Crippen molar-refractivity contribution in [2.45, 2.75) is 10.9 Å². The lowest BCUT2D eigenvalue weighted by molar-refractivity contribution is 0.258. The molecule has 1 fully saturated rings. The largest absolute Gasteiger partial charge is 0.497 e. The molecule has 1 aromatic heterocycles. The van der Waals surface area contributed by atoms with Crippen LogP contribution >= 0.6 is 12.4 Å². The molecule has 0 spiro atoms. The van der Waals surface area contributed by atoms with Crippen molar-refractivity contribution in [1.82, 2.24) is 19.2 Å². The zero-order chi connectivity index (χ0) is 18.0. The van der Waals surface area contributed by atoms with Crippen LogP contribution in [0.25, 0.3) is 0 Å². The molecule has 1 saturated heterocycles. The van der Waals surface area contributed by atoms with E-state index in [4.69, 9.17) is 9.47 Å². The molecule has 3 rings (SSSR count). The molecule has 0 aliphatic carbocycles. The van der Waals surface area contributed by atoms with E-state index in [-0.39, 0.29) is 23.3 Å². The number of imidazole rings is 1. The van der Waals surface area contributed by atoms with Crippen LogP contribution in [0.4, 0.5) is 0 Å². The number of nitrogens with one attached hydrogen (secondary N) is 1. The van der Waals surface area contributed by atoms with Gasteiger partial charge in [-0.05, 0) is 0 Å². The Hall–Kier alpha value is -1.81. The molecule has 1 unspecified atom stereocenters. The van der Waals surface area contributed by atoms with Crippen LogP contribution in [0.5, 0.6) is 11.5 Å². The lowest BCUT2D eigenvalue weighted by Gasteiger charge is -2.34. The van der Waals surface area contributed by atoms with Crippen LogP contribution in [-0.2, 0) is 17.1 Å². The molecule has 0 amide bonds. The van der Waals surface area contributed by atoms with Gasteiger partial charge < -0.3 is 19.4 Å². The van der Waals surface area contributed by atoms with Crippen molar-refractivity contribution < 1.29 is 17.9 Å². The van der Waals surface area contributed by atoms with Gasteiger partial charge in [0.1, 0.15) is 17.3 Å². The molecular weight excluding hydrogens is 380 g/mol. The standard InChI is InChI=1S/C16H22N4O4S.ClH/c1-19-6-5-18-16(19)15-11-17-4-7-20(15)25(21,22)14-9-12(23-2)8-13(10-14)24-3;/h5-6,8-10,15,17H,4,7,11H2,1-3H3;1H. The Labute approximate surface area is 159 Å². The first-order valence-corrected chi connectivity index (χ1v) is 9.34. The maximum Gasteiger partial charge on any atom is 0.244 e. The van der Waals surface area contributed by atoms with E-state index in [9.17, 15) is 8.42 Å². The maximum atomic E-state index is 13.3. The summed E-state index contributed by atoms with van der Waals surface area (Å²) in [6, 6.07) is 4.29. The number of hydrogen-bond donors (Lipinski definition) is 1. The van der Waals surface area contributed by atoms with E-state index < -0.39 is 10.0 Å². The first kappa shape index (κ1) is 20.5. The van der Waals surface area contributed by atoms with Gasteiger partial charge in [-0.15, -0.1) is 12.4 Å².